The predicted molar refractivity (Wildman–Crippen MR) is 213 cm³/mol. The Morgan fingerprint density at radius 3 is 1.66 bits per heavy atom. The lowest BCUT2D eigenvalue weighted by Crippen LogP contribution is -2.16. The lowest BCUT2D eigenvalue weighted by molar-refractivity contribution is 0.443. The van der Waals surface area contributed by atoms with E-state index < -0.39 is 0 Å². The van der Waals surface area contributed by atoms with Crippen LogP contribution in [0, 0.1) is 0 Å². The SMILES string of the molecule is CC1(C)c2cc(N(c3ccc(C4CCCCC4)cc3)c3ccc(C4CCCCC4)cc3)ccc2-c2c(-c3ccc4ccccc4c3)cccc21. The highest BCUT2D eigenvalue weighted by atomic mass is 15.1. The first kappa shape index (κ1) is 31.4. The van der Waals surface area contributed by atoms with E-state index in [9.17, 15) is 0 Å². The zero-order chi connectivity index (χ0) is 33.7. The maximum Gasteiger partial charge on any atom is 0.0465 e. The van der Waals surface area contributed by atoms with Crippen molar-refractivity contribution in [2.24, 2.45) is 0 Å². The van der Waals surface area contributed by atoms with E-state index in [1.807, 2.05) is 0 Å². The van der Waals surface area contributed by atoms with Gasteiger partial charge in [-0.3, -0.25) is 0 Å². The Bertz CT molecular complexity index is 2080. The molecular formula is C49H49N. The molecule has 250 valence electrons. The van der Waals surface area contributed by atoms with Crippen LogP contribution in [0.2, 0.25) is 0 Å². The molecule has 0 bridgehead atoms. The van der Waals surface area contributed by atoms with Gasteiger partial charge in [0.2, 0.25) is 0 Å². The van der Waals surface area contributed by atoms with E-state index in [2.05, 4.69) is 146 Å². The Morgan fingerprint density at radius 2 is 1.04 bits per heavy atom. The minimum absolute atomic E-state index is 0.116. The molecule has 0 aromatic heterocycles. The van der Waals surface area contributed by atoms with Gasteiger partial charge in [-0.1, -0.05) is 137 Å². The van der Waals surface area contributed by atoms with E-state index >= 15 is 0 Å². The quantitative estimate of drug-likeness (QED) is 0.173. The summed E-state index contributed by atoms with van der Waals surface area (Å²) in [4.78, 5) is 2.50. The molecule has 6 aromatic carbocycles. The minimum Gasteiger partial charge on any atom is -0.310 e. The second-order valence-corrected chi connectivity index (χ2v) is 15.8. The van der Waals surface area contributed by atoms with E-state index in [4.69, 9.17) is 0 Å². The van der Waals surface area contributed by atoms with Gasteiger partial charge in [-0.2, -0.15) is 0 Å². The molecule has 2 fully saturated rings. The van der Waals surface area contributed by atoms with Crippen molar-refractivity contribution >= 4 is 27.8 Å². The third-order valence-corrected chi connectivity index (χ3v) is 12.5. The second-order valence-electron chi connectivity index (χ2n) is 15.8. The van der Waals surface area contributed by atoms with Crippen molar-refractivity contribution in [2.75, 3.05) is 4.90 Å². The van der Waals surface area contributed by atoms with Crippen LogP contribution < -0.4 is 4.90 Å². The Balaban J connectivity index is 1.13. The predicted octanol–water partition coefficient (Wildman–Crippen LogP) is 14.4. The fourth-order valence-electron chi connectivity index (χ4n) is 9.62. The second kappa shape index (κ2) is 12.9. The summed E-state index contributed by atoms with van der Waals surface area (Å²) in [5, 5.41) is 2.57. The van der Waals surface area contributed by atoms with Gasteiger partial charge in [-0.15, -0.1) is 0 Å². The molecule has 0 spiro atoms. The Kier molecular flexibility index (Phi) is 8.11. The molecule has 0 amide bonds. The van der Waals surface area contributed by atoms with Crippen molar-refractivity contribution in [3.8, 4) is 22.3 Å². The van der Waals surface area contributed by atoms with Gasteiger partial charge in [-0.05, 0) is 135 Å². The molecule has 2 saturated carbocycles. The highest BCUT2D eigenvalue weighted by molar-refractivity contribution is 5.96. The largest absolute Gasteiger partial charge is 0.310 e. The van der Waals surface area contributed by atoms with Gasteiger partial charge < -0.3 is 4.90 Å². The maximum absolute atomic E-state index is 2.50. The number of hydrogen-bond acceptors (Lipinski definition) is 1. The summed E-state index contributed by atoms with van der Waals surface area (Å²) in [6.45, 7) is 4.82. The van der Waals surface area contributed by atoms with Gasteiger partial charge in [0.25, 0.3) is 0 Å². The molecule has 0 unspecified atom stereocenters. The van der Waals surface area contributed by atoms with E-state index in [1.54, 1.807) is 0 Å². The minimum atomic E-state index is -0.116. The first-order chi connectivity index (χ1) is 24.5. The first-order valence-corrected chi connectivity index (χ1v) is 19.3. The average molecular weight is 652 g/mol. The number of anilines is 3. The van der Waals surface area contributed by atoms with E-state index in [1.165, 1.54) is 137 Å². The molecule has 0 aliphatic heterocycles. The molecule has 3 aliphatic carbocycles. The Morgan fingerprint density at radius 1 is 0.460 bits per heavy atom. The molecule has 0 radical (unpaired) electrons. The van der Waals surface area contributed by atoms with Crippen LogP contribution in [0.1, 0.15) is 112 Å². The van der Waals surface area contributed by atoms with Crippen molar-refractivity contribution in [3.63, 3.8) is 0 Å². The number of rotatable bonds is 6. The molecule has 1 nitrogen and oxygen atoms in total. The topological polar surface area (TPSA) is 3.24 Å². The molecule has 3 aliphatic rings. The van der Waals surface area contributed by atoms with Gasteiger partial charge in [0.1, 0.15) is 0 Å². The average Bonchev–Trinajstić information content (AvgIpc) is 3.41. The highest BCUT2D eigenvalue weighted by Crippen LogP contribution is 2.54. The van der Waals surface area contributed by atoms with Crippen LogP contribution in [0.15, 0.2) is 127 Å². The first-order valence-electron chi connectivity index (χ1n) is 19.3. The van der Waals surface area contributed by atoms with Gasteiger partial charge >= 0.3 is 0 Å². The fourth-order valence-corrected chi connectivity index (χ4v) is 9.62. The molecule has 0 saturated heterocycles. The van der Waals surface area contributed by atoms with Crippen molar-refractivity contribution in [1.29, 1.82) is 0 Å². The molecule has 6 aromatic rings. The van der Waals surface area contributed by atoms with Crippen LogP contribution in [0.25, 0.3) is 33.0 Å². The third kappa shape index (κ3) is 5.56. The van der Waals surface area contributed by atoms with Gasteiger partial charge in [0, 0.05) is 22.5 Å². The summed E-state index contributed by atoms with van der Waals surface area (Å²) in [6.07, 6.45) is 13.5. The van der Waals surface area contributed by atoms with E-state index in [0.717, 1.165) is 0 Å². The summed E-state index contributed by atoms with van der Waals surface area (Å²) < 4.78 is 0. The van der Waals surface area contributed by atoms with Crippen LogP contribution >= 0.6 is 0 Å². The molecule has 50 heavy (non-hydrogen) atoms. The Hall–Kier alpha value is -4.62. The normalized spacial score (nSPS) is 17.4. The van der Waals surface area contributed by atoms with Crippen LogP contribution in [0.3, 0.4) is 0 Å². The van der Waals surface area contributed by atoms with E-state index in [0.29, 0.717) is 11.8 Å². The third-order valence-electron chi connectivity index (χ3n) is 12.5. The van der Waals surface area contributed by atoms with Gasteiger partial charge in [-0.25, -0.2) is 0 Å². The molecule has 0 atom stereocenters. The van der Waals surface area contributed by atoms with Crippen molar-refractivity contribution in [1.82, 2.24) is 0 Å². The summed E-state index contributed by atoms with van der Waals surface area (Å²) in [5.41, 5.74) is 14.8. The van der Waals surface area contributed by atoms with Crippen molar-refractivity contribution in [3.05, 3.63) is 150 Å². The van der Waals surface area contributed by atoms with E-state index in [-0.39, 0.29) is 5.41 Å². The smallest absolute Gasteiger partial charge is 0.0465 e. The van der Waals surface area contributed by atoms with Gasteiger partial charge in [0.05, 0.1) is 0 Å². The molecular weight excluding hydrogens is 603 g/mol. The van der Waals surface area contributed by atoms with Crippen LogP contribution in [0.5, 0.6) is 0 Å². The van der Waals surface area contributed by atoms with Crippen molar-refractivity contribution in [2.45, 2.75) is 95.3 Å². The highest BCUT2D eigenvalue weighted by Gasteiger charge is 2.37. The molecule has 0 heterocycles. The number of nitrogens with zero attached hydrogens (tertiary/aromatic N) is 1. The van der Waals surface area contributed by atoms with Crippen molar-refractivity contribution < 1.29 is 0 Å². The number of benzene rings is 6. The monoisotopic (exact) mass is 651 g/mol. The van der Waals surface area contributed by atoms with Gasteiger partial charge in [0.15, 0.2) is 0 Å². The molecule has 9 rings (SSSR count). The molecule has 0 N–H and O–H groups in total. The number of fused-ring (bicyclic) bond motifs is 4. The van der Waals surface area contributed by atoms with Crippen LogP contribution in [0.4, 0.5) is 17.1 Å². The Labute approximate surface area is 299 Å². The summed E-state index contributed by atoms with van der Waals surface area (Å²) in [7, 11) is 0. The summed E-state index contributed by atoms with van der Waals surface area (Å²) >= 11 is 0. The zero-order valence-electron chi connectivity index (χ0n) is 29.8. The summed E-state index contributed by atoms with van der Waals surface area (Å²) in [5.74, 6) is 1.41. The lowest BCUT2D eigenvalue weighted by Gasteiger charge is -2.29. The van der Waals surface area contributed by atoms with Crippen LogP contribution in [-0.4, -0.2) is 0 Å². The fraction of sp³-hybridized carbons (Fsp3) is 0.306. The summed E-state index contributed by atoms with van der Waals surface area (Å²) in [6, 6.07) is 49.0. The number of hydrogen-bond donors (Lipinski definition) is 0. The lowest BCUT2D eigenvalue weighted by atomic mass is 9.81. The molecule has 1 heteroatoms. The van der Waals surface area contributed by atoms with Crippen LogP contribution in [-0.2, 0) is 5.41 Å². The standard InChI is InChI=1S/C49H49N/c1-49(2)46-19-11-18-44(40-21-20-36-16-9-10-17-39(36)32-40)48(46)45-31-30-43(33-47(45)49)50(41-26-22-37(23-27-41)34-12-5-3-6-13-34)42-28-24-38(25-29-42)35-14-7-4-8-15-35/h9-11,16-35H,3-8,12-15H2,1-2H3. The maximum atomic E-state index is 2.50. The zero-order valence-corrected chi connectivity index (χ0v) is 29.8.